The van der Waals surface area contributed by atoms with Crippen molar-refractivity contribution in [2.24, 2.45) is 5.92 Å². The van der Waals surface area contributed by atoms with Gasteiger partial charge in [0.2, 0.25) is 23.8 Å². The quantitative estimate of drug-likeness (QED) is 0.400. The summed E-state index contributed by atoms with van der Waals surface area (Å²) >= 11 is 0. The van der Waals surface area contributed by atoms with Gasteiger partial charge in [0.05, 0.1) is 12.0 Å². The summed E-state index contributed by atoms with van der Waals surface area (Å²) < 4.78 is 42.0. The van der Waals surface area contributed by atoms with Crippen molar-refractivity contribution in [3.8, 4) is 0 Å². The van der Waals surface area contributed by atoms with Crippen molar-refractivity contribution in [3.63, 3.8) is 0 Å². The molecule has 0 saturated carbocycles. The molecule has 0 radical (unpaired) electrons. The Labute approximate surface area is 237 Å². The number of benzene rings is 2. The maximum atomic E-state index is 14.6. The van der Waals surface area contributed by atoms with Gasteiger partial charge in [-0.1, -0.05) is 36.4 Å². The number of piperazine rings is 1. The van der Waals surface area contributed by atoms with E-state index in [1.165, 1.54) is 6.07 Å². The van der Waals surface area contributed by atoms with Crippen molar-refractivity contribution in [1.29, 1.82) is 0 Å². The third kappa shape index (κ3) is 6.70. The second-order valence-electron chi connectivity index (χ2n) is 10.6. The van der Waals surface area contributed by atoms with Crippen LogP contribution in [-0.2, 0) is 11.2 Å². The maximum Gasteiger partial charge on any atom is 0.232 e. The van der Waals surface area contributed by atoms with E-state index >= 15 is 0 Å². The molecule has 2 fully saturated rings. The van der Waals surface area contributed by atoms with Crippen molar-refractivity contribution in [2.75, 3.05) is 68.5 Å². The van der Waals surface area contributed by atoms with Gasteiger partial charge in [0.15, 0.2) is 17.5 Å². The van der Waals surface area contributed by atoms with Gasteiger partial charge in [-0.15, -0.1) is 0 Å². The Morgan fingerprint density at radius 2 is 1.63 bits per heavy atom. The number of nitrogens with zero attached hydrogens (tertiary/aromatic N) is 6. The first kappa shape index (κ1) is 28.6. The van der Waals surface area contributed by atoms with Gasteiger partial charge in [-0.2, -0.15) is 15.0 Å². The molecule has 2 N–H and O–H groups in total. The molecular formula is C29H35F3N8O. The lowest BCUT2D eigenvalue weighted by Crippen LogP contribution is -2.46. The van der Waals surface area contributed by atoms with Gasteiger partial charge in [0.25, 0.3) is 0 Å². The summed E-state index contributed by atoms with van der Waals surface area (Å²) in [5, 5.41) is 6.07. The first-order valence-electron chi connectivity index (χ1n) is 13.9. The molecule has 9 nitrogen and oxygen atoms in total. The van der Waals surface area contributed by atoms with Gasteiger partial charge in [-0.25, -0.2) is 13.2 Å². The zero-order valence-corrected chi connectivity index (χ0v) is 23.3. The van der Waals surface area contributed by atoms with Crippen LogP contribution in [0.2, 0.25) is 0 Å². The molecule has 0 spiro atoms. The predicted octanol–water partition coefficient (Wildman–Crippen LogP) is 3.40. The number of hydrogen-bond acceptors (Lipinski definition) is 8. The molecule has 3 aromatic rings. The highest BCUT2D eigenvalue weighted by molar-refractivity contribution is 5.80. The van der Waals surface area contributed by atoms with E-state index in [1.54, 1.807) is 7.05 Å². The van der Waals surface area contributed by atoms with Crippen LogP contribution in [0.25, 0.3) is 0 Å². The molecule has 2 unspecified atom stereocenters. The first-order valence-corrected chi connectivity index (χ1v) is 13.9. The lowest BCUT2D eigenvalue weighted by Gasteiger charge is -2.35. The number of carbonyl (C=O) groups is 1. The second kappa shape index (κ2) is 12.7. The molecule has 0 bridgehead atoms. The minimum atomic E-state index is -1.52. The molecule has 2 aliphatic rings. The third-order valence-electron chi connectivity index (χ3n) is 7.75. The molecule has 3 heterocycles. The topological polar surface area (TPSA) is 89.5 Å². The number of piperidine rings is 1. The highest BCUT2D eigenvalue weighted by atomic mass is 19.2. The molecule has 1 aromatic heterocycles. The van der Waals surface area contributed by atoms with E-state index in [2.05, 4.69) is 37.4 Å². The highest BCUT2D eigenvalue weighted by Crippen LogP contribution is 2.27. The second-order valence-corrected chi connectivity index (χ2v) is 10.6. The Balaban J connectivity index is 1.33. The van der Waals surface area contributed by atoms with E-state index in [4.69, 9.17) is 4.98 Å². The highest BCUT2D eigenvalue weighted by Gasteiger charge is 2.30. The lowest BCUT2D eigenvalue weighted by atomic mass is 9.94. The number of nitrogens with one attached hydrogen (secondary N) is 2. The van der Waals surface area contributed by atoms with Gasteiger partial charge in [-0.05, 0) is 43.5 Å². The summed E-state index contributed by atoms with van der Waals surface area (Å²) in [6.45, 7) is 4.56. The number of rotatable bonds is 8. The average molecular weight is 569 g/mol. The van der Waals surface area contributed by atoms with Gasteiger partial charge in [-0.3, -0.25) is 4.79 Å². The minimum absolute atomic E-state index is 0.00968. The molecule has 0 aliphatic carbocycles. The van der Waals surface area contributed by atoms with E-state index < -0.39 is 23.5 Å². The summed E-state index contributed by atoms with van der Waals surface area (Å²) in [6.07, 6.45) is 1.40. The smallest absolute Gasteiger partial charge is 0.232 e. The maximum absolute atomic E-state index is 14.6. The zero-order valence-electron chi connectivity index (χ0n) is 23.3. The Bertz CT molecular complexity index is 1350. The Hall–Kier alpha value is -3.93. The van der Waals surface area contributed by atoms with Crippen LogP contribution in [0, 0.1) is 23.4 Å². The van der Waals surface area contributed by atoms with Crippen LogP contribution in [0.15, 0.2) is 42.5 Å². The fourth-order valence-electron chi connectivity index (χ4n) is 5.30. The van der Waals surface area contributed by atoms with E-state index in [-0.39, 0.29) is 23.8 Å². The van der Waals surface area contributed by atoms with Crippen LogP contribution in [0.3, 0.4) is 0 Å². The summed E-state index contributed by atoms with van der Waals surface area (Å²) in [7, 11) is 3.85. The van der Waals surface area contributed by atoms with Crippen LogP contribution < -0.4 is 20.4 Å². The fourth-order valence-corrected chi connectivity index (χ4v) is 5.30. The zero-order chi connectivity index (χ0) is 28.9. The van der Waals surface area contributed by atoms with E-state index in [1.807, 2.05) is 35.2 Å². The van der Waals surface area contributed by atoms with Crippen LogP contribution in [0.1, 0.15) is 30.0 Å². The predicted molar refractivity (Wildman–Crippen MR) is 151 cm³/mol. The summed E-state index contributed by atoms with van der Waals surface area (Å²) in [4.78, 5) is 33.9. The average Bonchev–Trinajstić information content (AvgIpc) is 3.01. The number of halogens is 3. The van der Waals surface area contributed by atoms with Crippen LogP contribution in [0.5, 0.6) is 0 Å². The number of likely N-dealkylation sites (N-methyl/N-ethyl adjacent to an activating group) is 1. The molecule has 218 valence electrons. The molecule has 12 heteroatoms. The molecule has 2 saturated heterocycles. The van der Waals surface area contributed by atoms with Crippen LogP contribution in [0.4, 0.5) is 31.0 Å². The largest absolute Gasteiger partial charge is 0.357 e. The van der Waals surface area contributed by atoms with Gasteiger partial charge < -0.3 is 25.3 Å². The third-order valence-corrected chi connectivity index (χ3v) is 7.75. The fraction of sp³-hybridized carbons (Fsp3) is 0.448. The summed E-state index contributed by atoms with van der Waals surface area (Å²) in [5.41, 5.74) is 0.732. The van der Waals surface area contributed by atoms with Crippen molar-refractivity contribution in [3.05, 3.63) is 71.0 Å². The summed E-state index contributed by atoms with van der Waals surface area (Å²) in [5.74, 6) is -2.98. The standard InChI is InChI=1S/C29H35F3N8O/c1-33-27-35-28(39-15-13-38(2)14-16-39)37-29(36-27)40-12-6-9-21(18-40)26(41)34-23(19-7-4-3-5-8-19)17-20-10-11-22(30)25(32)24(20)31/h3-5,7-8,10-11,21,23H,6,9,12-18H2,1-2H3,(H,34,41)(H,33,35,36,37). The molecule has 2 atom stereocenters. The molecule has 1 amide bonds. The number of amides is 1. The summed E-state index contributed by atoms with van der Waals surface area (Å²) in [6, 6.07) is 10.6. The molecule has 2 aromatic carbocycles. The molecular weight excluding hydrogens is 533 g/mol. The number of anilines is 3. The van der Waals surface area contributed by atoms with Crippen LogP contribution >= 0.6 is 0 Å². The van der Waals surface area contributed by atoms with E-state index in [9.17, 15) is 18.0 Å². The number of hydrogen-bond donors (Lipinski definition) is 2. The lowest BCUT2D eigenvalue weighted by molar-refractivity contribution is -0.126. The SMILES string of the molecule is CNc1nc(N2CCN(C)CC2)nc(N2CCCC(C(=O)NC(Cc3ccc(F)c(F)c3F)c3ccccc3)C2)n1. The van der Waals surface area contributed by atoms with Crippen molar-refractivity contribution in [2.45, 2.75) is 25.3 Å². The number of aromatic nitrogens is 3. The van der Waals surface area contributed by atoms with Crippen molar-refractivity contribution >= 4 is 23.8 Å². The first-order chi connectivity index (χ1) is 19.8. The minimum Gasteiger partial charge on any atom is -0.357 e. The number of carbonyl (C=O) groups excluding carboxylic acids is 1. The Morgan fingerprint density at radius 3 is 2.34 bits per heavy atom. The normalized spacial score (nSPS) is 18.7. The van der Waals surface area contributed by atoms with Gasteiger partial charge >= 0.3 is 0 Å². The molecule has 2 aliphatic heterocycles. The van der Waals surface area contributed by atoms with Crippen LogP contribution in [-0.4, -0.2) is 79.1 Å². The van der Waals surface area contributed by atoms with E-state index in [0.717, 1.165) is 44.2 Å². The van der Waals surface area contributed by atoms with Crippen molar-refractivity contribution < 1.29 is 18.0 Å². The molecule has 5 rings (SSSR count). The molecule has 41 heavy (non-hydrogen) atoms. The Kier molecular flexibility index (Phi) is 8.87. The van der Waals surface area contributed by atoms with E-state index in [0.29, 0.717) is 37.4 Å². The monoisotopic (exact) mass is 568 g/mol. The Morgan fingerprint density at radius 1 is 0.927 bits per heavy atom. The van der Waals surface area contributed by atoms with Crippen molar-refractivity contribution in [1.82, 2.24) is 25.2 Å². The van der Waals surface area contributed by atoms with Gasteiger partial charge in [0.1, 0.15) is 0 Å². The van der Waals surface area contributed by atoms with Gasteiger partial charge in [0, 0.05) is 46.3 Å².